The minimum Gasteiger partial charge on any atom is -0.462 e. The van der Waals surface area contributed by atoms with Crippen LogP contribution in [0.3, 0.4) is 0 Å². The molecule has 360 valence electrons. The smallest absolute Gasteiger partial charge is 0.462 e. The van der Waals surface area contributed by atoms with Crippen LogP contribution in [0.1, 0.15) is 239 Å². The molecule has 10 heteroatoms. The van der Waals surface area contributed by atoms with E-state index in [1.54, 1.807) is 0 Å². The second-order valence-electron chi connectivity index (χ2n) is 18.5. The van der Waals surface area contributed by atoms with Gasteiger partial charge in [0.1, 0.15) is 19.8 Å². The van der Waals surface area contributed by atoms with Gasteiger partial charge in [-0.3, -0.25) is 18.6 Å². The maximum Gasteiger partial charge on any atom is 0.472 e. The first kappa shape index (κ1) is 59.5. The Hall–Kier alpha value is -1.51. The summed E-state index contributed by atoms with van der Waals surface area (Å²) in [7, 11) is 1.48. The Morgan fingerprint density at radius 1 is 0.492 bits per heavy atom. The van der Waals surface area contributed by atoms with Crippen molar-refractivity contribution >= 4 is 19.8 Å². The number of quaternary nitrogens is 1. The lowest BCUT2D eigenvalue weighted by molar-refractivity contribution is -0.870. The molecule has 0 aromatic rings. The third-order valence-corrected chi connectivity index (χ3v) is 12.2. The quantitative estimate of drug-likeness (QED) is 0.0212. The molecular formula is C51H99NO8P+. The number of unbranched alkanes of at least 4 members (excludes halogenated alkanes) is 29. The van der Waals surface area contributed by atoms with E-state index in [1.807, 2.05) is 21.1 Å². The first-order chi connectivity index (χ1) is 29.5. The van der Waals surface area contributed by atoms with Crippen molar-refractivity contribution in [1.82, 2.24) is 0 Å². The molecule has 1 N–H and O–H groups in total. The molecule has 0 saturated heterocycles. The average molecular weight is 885 g/mol. The lowest BCUT2D eigenvalue weighted by atomic mass is 10.1. The van der Waals surface area contributed by atoms with Crippen molar-refractivity contribution < 1.29 is 42.1 Å². The minimum absolute atomic E-state index is 0.0322. The number of carbonyl (C=O) groups is 2. The van der Waals surface area contributed by atoms with Crippen molar-refractivity contribution in [3.63, 3.8) is 0 Å². The molecule has 0 bridgehead atoms. The summed E-state index contributed by atoms with van der Waals surface area (Å²) < 4.78 is 34.5. The maximum atomic E-state index is 12.7. The highest BCUT2D eigenvalue weighted by Gasteiger charge is 2.27. The van der Waals surface area contributed by atoms with Crippen molar-refractivity contribution in [2.45, 2.75) is 245 Å². The number of esters is 2. The SMILES string of the molecule is CCCCCCCC/C=C\CCCCCCCCCCCC(=O)OC(COC(=O)CCCCCCCCC/C=C\CCCCCCCCC)COP(=O)(O)OCC[N+](C)(C)C. The summed E-state index contributed by atoms with van der Waals surface area (Å²) in [6, 6.07) is 0. The number of rotatable bonds is 47. The minimum atomic E-state index is -4.38. The number of phosphoric acid groups is 1. The zero-order chi connectivity index (χ0) is 45.0. The third kappa shape index (κ3) is 47.8. The van der Waals surface area contributed by atoms with Crippen LogP contribution in [0.5, 0.6) is 0 Å². The van der Waals surface area contributed by atoms with Gasteiger partial charge in [-0.2, -0.15) is 0 Å². The Bertz CT molecular complexity index is 1090. The molecule has 0 aromatic carbocycles. The lowest BCUT2D eigenvalue weighted by Crippen LogP contribution is -2.37. The van der Waals surface area contributed by atoms with Crippen molar-refractivity contribution in [2.75, 3.05) is 47.5 Å². The maximum absolute atomic E-state index is 12.7. The van der Waals surface area contributed by atoms with Gasteiger partial charge in [0.2, 0.25) is 0 Å². The molecule has 2 atom stereocenters. The number of carbonyl (C=O) groups excluding carboxylic acids is 2. The van der Waals surface area contributed by atoms with Crippen LogP contribution in [-0.4, -0.2) is 74.9 Å². The number of ether oxygens (including phenoxy) is 2. The molecule has 0 aliphatic rings. The lowest BCUT2D eigenvalue weighted by Gasteiger charge is -2.24. The summed E-state index contributed by atoms with van der Waals surface area (Å²) >= 11 is 0. The van der Waals surface area contributed by atoms with Gasteiger partial charge < -0.3 is 18.9 Å². The highest BCUT2D eigenvalue weighted by atomic mass is 31.2. The Morgan fingerprint density at radius 3 is 1.21 bits per heavy atom. The summed E-state index contributed by atoms with van der Waals surface area (Å²) in [6.07, 6.45) is 49.4. The highest BCUT2D eigenvalue weighted by Crippen LogP contribution is 2.43. The van der Waals surface area contributed by atoms with Gasteiger partial charge in [0, 0.05) is 12.8 Å². The molecule has 2 unspecified atom stereocenters. The van der Waals surface area contributed by atoms with Gasteiger partial charge in [0.25, 0.3) is 0 Å². The summed E-state index contributed by atoms with van der Waals surface area (Å²) in [6.45, 7) is 4.44. The molecule has 0 fully saturated rings. The molecule has 0 radical (unpaired) electrons. The highest BCUT2D eigenvalue weighted by molar-refractivity contribution is 7.47. The van der Waals surface area contributed by atoms with Crippen LogP contribution in [0.15, 0.2) is 24.3 Å². The van der Waals surface area contributed by atoms with Crippen molar-refractivity contribution in [1.29, 1.82) is 0 Å². The first-order valence-electron chi connectivity index (χ1n) is 25.6. The summed E-state index contributed by atoms with van der Waals surface area (Å²) in [5.74, 6) is -0.796. The van der Waals surface area contributed by atoms with Crippen LogP contribution in [0.4, 0.5) is 0 Å². The largest absolute Gasteiger partial charge is 0.472 e. The summed E-state index contributed by atoms with van der Waals surface area (Å²) in [5.41, 5.74) is 0. The van der Waals surface area contributed by atoms with E-state index < -0.39 is 26.5 Å². The van der Waals surface area contributed by atoms with Gasteiger partial charge in [-0.15, -0.1) is 0 Å². The Kier molecular flexibility index (Phi) is 42.6. The number of hydrogen-bond donors (Lipinski definition) is 1. The average Bonchev–Trinajstić information content (AvgIpc) is 3.21. The van der Waals surface area contributed by atoms with Gasteiger partial charge in [-0.05, 0) is 64.2 Å². The molecule has 0 aliphatic carbocycles. The molecule has 0 saturated carbocycles. The second-order valence-corrected chi connectivity index (χ2v) is 20.0. The second kappa shape index (κ2) is 43.7. The molecule has 0 rings (SSSR count). The van der Waals surface area contributed by atoms with Crippen molar-refractivity contribution in [2.24, 2.45) is 0 Å². The number of likely N-dealkylation sites (N-methyl/N-ethyl adjacent to an activating group) is 1. The van der Waals surface area contributed by atoms with E-state index in [2.05, 4.69) is 38.2 Å². The van der Waals surface area contributed by atoms with E-state index in [4.69, 9.17) is 18.5 Å². The van der Waals surface area contributed by atoms with Crippen LogP contribution >= 0.6 is 7.82 Å². The van der Waals surface area contributed by atoms with Gasteiger partial charge in [0.15, 0.2) is 6.10 Å². The van der Waals surface area contributed by atoms with Gasteiger partial charge in [-0.1, -0.05) is 186 Å². The number of allylic oxidation sites excluding steroid dienone is 4. The number of nitrogens with zero attached hydrogens (tertiary/aromatic N) is 1. The zero-order valence-corrected chi connectivity index (χ0v) is 41.6. The van der Waals surface area contributed by atoms with E-state index in [9.17, 15) is 19.0 Å². The Morgan fingerprint density at radius 2 is 0.836 bits per heavy atom. The fourth-order valence-corrected chi connectivity index (χ4v) is 7.92. The third-order valence-electron chi connectivity index (χ3n) is 11.2. The summed E-state index contributed by atoms with van der Waals surface area (Å²) in [5, 5.41) is 0. The van der Waals surface area contributed by atoms with E-state index >= 15 is 0 Å². The van der Waals surface area contributed by atoms with Crippen molar-refractivity contribution in [3.8, 4) is 0 Å². The molecule has 0 aromatic heterocycles. The molecule has 0 heterocycles. The normalized spacial score (nSPS) is 13.6. The van der Waals surface area contributed by atoms with Crippen LogP contribution in [0.2, 0.25) is 0 Å². The zero-order valence-electron chi connectivity index (χ0n) is 40.7. The standard InChI is InChI=1S/C51H98NO8P/c1-6-8-10-12-14-16-18-20-22-24-26-28-30-32-34-36-38-40-42-44-51(54)60-49(48-59-61(55,56)58-46-45-52(3,4)5)47-57-50(53)43-41-39-37-35-33-31-29-27-25-23-21-19-17-15-13-11-9-7-2/h20,22-23,25,49H,6-19,21,24,26-48H2,1-5H3/p+1/b22-20-,25-23-. The predicted molar refractivity (Wildman–Crippen MR) is 257 cm³/mol. The fourth-order valence-electron chi connectivity index (χ4n) is 7.18. The topological polar surface area (TPSA) is 108 Å². The van der Waals surface area contributed by atoms with Crippen LogP contribution in [-0.2, 0) is 32.7 Å². The monoisotopic (exact) mass is 885 g/mol. The molecule has 0 aliphatic heterocycles. The van der Waals surface area contributed by atoms with Gasteiger partial charge >= 0.3 is 19.8 Å². The summed E-state index contributed by atoms with van der Waals surface area (Å²) in [4.78, 5) is 35.5. The van der Waals surface area contributed by atoms with Crippen LogP contribution < -0.4 is 0 Å². The first-order valence-corrected chi connectivity index (χ1v) is 27.1. The van der Waals surface area contributed by atoms with E-state index in [0.717, 1.165) is 38.5 Å². The van der Waals surface area contributed by atoms with E-state index in [-0.39, 0.29) is 32.0 Å². The molecule has 0 spiro atoms. The van der Waals surface area contributed by atoms with Gasteiger partial charge in [-0.25, -0.2) is 4.57 Å². The number of phosphoric ester groups is 1. The van der Waals surface area contributed by atoms with Crippen molar-refractivity contribution in [3.05, 3.63) is 24.3 Å². The fraction of sp³-hybridized carbons (Fsp3) is 0.882. The van der Waals surface area contributed by atoms with E-state index in [1.165, 1.54) is 167 Å². The predicted octanol–water partition coefficient (Wildman–Crippen LogP) is 15.1. The Labute approximate surface area is 377 Å². The van der Waals surface area contributed by atoms with Gasteiger partial charge in [0.05, 0.1) is 27.7 Å². The molecule has 0 amide bonds. The van der Waals surface area contributed by atoms with Crippen LogP contribution in [0.25, 0.3) is 0 Å². The van der Waals surface area contributed by atoms with Crippen LogP contribution in [0, 0.1) is 0 Å². The molecule has 61 heavy (non-hydrogen) atoms. The number of hydrogen-bond acceptors (Lipinski definition) is 7. The molecule has 9 nitrogen and oxygen atoms in total. The Balaban J connectivity index is 4.25. The van der Waals surface area contributed by atoms with E-state index in [0.29, 0.717) is 17.4 Å². The molecular weight excluding hydrogens is 786 g/mol.